The summed E-state index contributed by atoms with van der Waals surface area (Å²) in [7, 11) is 1.69. The molecule has 0 saturated carbocycles. The Morgan fingerprint density at radius 2 is 2.11 bits per heavy atom. The van der Waals surface area contributed by atoms with E-state index in [9.17, 15) is 4.79 Å². The van der Waals surface area contributed by atoms with Crippen LogP contribution in [-0.2, 0) is 11.2 Å². The second-order valence-electron chi connectivity index (χ2n) is 4.02. The molecule has 0 saturated heterocycles. The van der Waals surface area contributed by atoms with Crippen LogP contribution in [0.4, 0.5) is 0 Å². The molecule has 5 nitrogen and oxygen atoms in total. The molecule has 1 aromatic heterocycles. The molecule has 2 N–H and O–H groups in total. The fourth-order valence-electron chi connectivity index (χ4n) is 1.75. The smallest absolute Gasteiger partial charge is 0.255 e. The average molecular weight is 272 g/mol. The summed E-state index contributed by atoms with van der Waals surface area (Å²) in [6.45, 7) is 0.773. The van der Waals surface area contributed by atoms with Gasteiger partial charge in [0.15, 0.2) is 0 Å². The van der Waals surface area contributed by atoms with Gasteiger partial charge < -0.3 is 10.1 Å². The molecule has 1 aromatic rings. The quantitative estimate of drug-likeness (QED) is 0.432. The van der Waals surface area contributed by atoms with Crippen LogP contribution < -0.4 is 5.56 Å². The van der Waals surface area contributed by atoms with Gasteiger partial charge in [-0.2, -0.15) is 0 Å². The minimum absolute atomic E-state index is 0.0299. The highest BCUT2D eigenvalue weighted by atomic mass is 35.5. The van der Waals surface area contributed by atoms with Crippen LogP contribution >= 0.6 is 11.6 Å². The third-order valence-corrected chi connectivity index (χ3v) is 2.86. The monoisotopic (exact) mass is 271 g/mol. The first-order chi connectivity index (χ1) is 8.69. The Balaban J connectivity index is 2.51. The van der Waals surface area contributed by atoms with Gasteiger partial charge in [-0.15, -0.1) is 0 Å². The first kappa shape index (κ1) is 14.9. The van der Waals surface area contributed by atoms with E-state index in [1.54, 1.807) is 7.11 Å². The molecule has 1 rings (SSSR count). The van der Waals surface area contributed by atoms with Gasteiger partial charge in [0, 0.05) is 25.5 Å². The molecule has 0 amide bonds. The fraction of sp³-hybridized carbons (Fsp3) is 0.583. The Morgan fingerprint density at radius 1 is 1.39 bits per heavy atom. The van der Waals surface area contributed by atoms with Gasteiger partial charge in [0.25, 0.3) is 5.56 Å². The van der Waals surface area contributed by atoms with Crippen molar-refractivity contribution in [2.45, 2.75) is 32.1 Å². The number of nitrogens with one attached hydrogen (secondary N) is 2. The maximum Gasteiger partial charge on any atom is 0.255 e. The highest BCUT2D eigenvalue weighted by Gasteiger charge is 2.08. The summed E-state index contributed by atoms with van der Waals surface area (Å²) in [4.78, 5) is 18.1. The number of unbranched alkanes of at least 4 members (excludes halogenated alkanes) is 3. The van der Waals surface area contributed by atoms with Crippen LogP contribution in [0.25, 0.3) is 0 Å². The molecule has 6 heteroatoms. The van der Waals surface area contributed by atoms with E-state index in [1.807, 2.05) is 0 Å². The van der Waals surface area contributed by atoms with Crippen molar-refractivity contribution >= 4 is 17.8 Å². The van der Waals surface area contributed by atoms with Crippen molar-refractivity contribution in [1.29, 1.82) is 5.41 Å². The highest BCUT2D eigenvalue weighted by molar-refractivity contribution is 6.28. The van der Waals surface area contributed by atoms with Gasteiger partial charge in [-0.3, -0.25) is 9.78 Å². The maximum absolute atomic E-state index is 11.7. The zero-order chi connectivity index (χ0) is 13.4. The van der Waals surface area contributed by atoms with Gasteiger partial charge in [-0.25, -0.2) is 4.98 Å². The molecule has 0 atom stereocenters. The lowest BCUT2D eigenvalue weighted by Gasteiger charge is -2.04. The molecule has 100 valence electrons. The second-order valence-corrected chi connectivity index (χ2v) is 4.38. The number of H-pyrrole nitrogens is 1. The third-order valence-electron chi connectivity index (χ3n) is 2.68. The summed E-state index contributed by atoms with van der Waals surface area (Å²) in [5.74, 6) is 0. The molecule has 18 heavy (non-hydrogen) atoms. The fourth-order valence-corrected chi connectivity index (χ4v) is 1.93. The number of aromatic nitrogens is 2. The second kappa shape index (κ2) is 8.00. The van der Waals surface area contributed by atoms with Crippen molar-refractivity contribution in [3.05, 3.63) is 26.9 Å². The van der Waals surface area contributed by atoms with Gasteiger partial charge in [-0.1, -0.05) is 12.8 Å². The lowest BCUT2D eigenvalue weighted by atomic mass is 10.1. The summed E-state index contributed by atoms with van der Waals surface area (Å²) in [5.41, 5.74) is 0.659. The summed E-state index contributed by atoms with van der Waals surface area (Å²) in [6.07, 6.45) is 5.73. The van der Waals surface area contributed by atoms with E-state index in [2.05, 4.69) is 9.97 Å². The molecule has 0 aliphatic carbocycles. The number of hydrogen-bond acceptors (Lipinski definition) is 4. The summed E-state index contributed by atoms with van der Waals surface area (Å²) in [6, 6.07) is 0. The number of halogens is 1. The first-order valence-corrected chi connectivity index (χ1v) is 6.35. The van der Waals surface area contributed by atoms with Crippen LogP contribution in [0.2, 0.25) is 5.28 Å². The van der Waals surface area contributed by atoms with Gasteiger partial charge in [-0.05, 0) is 30.9 Å². The topological polar surface area (TPSA) is 78.8 Å². The first-order valence-electron chi connectivity index (χ1n) is 5.97. The van der Waals surface area contributed by atoms with Crippen LogP contribution in [-0.4, -0.2) is 29.9 Å². The van der Waals surface area contributed by atoms with Gasteiger partial charge in [0.2, 0.25) is 5.28 Å². The van der Waals surface area contributed by atoms with Gasteiger partial charge in [0.05, 0.1) is 5.69 Å². The molecule has 1 heterocycles. The van der Waals surface area contributed by atoms with Crippen molar-refractivity contribution in [2.75, 3.05) is 13.7 Å². The van der Waals surface area contributed by atoms with E-state index in [4.69, 9.17) is 21.7 Å². The molecule has 0 fully saturated rings. The number of hydrogen-bond donors (Lipinski definition) is 2. The molecule has 0 bridgehead atoms. The number of nitrogens with zero attached hydrogens (tertiary/aromatic N) is 1. The molecule has 0 aliphatic heterocycles. The van der Waals surface area contributed by atoms with E-state index in [0.717, 1.165) is 38.5 Å². The molecular formula is C12H18ClN3O2. The van der Waals surface area contributed by atoms with Crippen molar-refractivity contribution in [2.24, 2.45) is 0 Å². The predicted octanol–water partition coefficient (Wildman–Crippen LogP) is 2.17. The summed E-state index contributed by atoms with van der Waals surface area (Å²) < 4.78 is 4.97. The lowest BCUT2D eigenvalue weighted by Crippen LogP contribution is -2.17. The minimum atomic E-state index is -0.245. The van der Waals surface area contributed by atoms with Crippen LogP contribution in [0.1, 0.15) is 36.9 Å². The standard InChI is InChI=1S/C12H18ClN3O2/c1-18-7-5-3-2-4-6-9-10(8-14)15-12(13)16-11(9)17/h8,14H,2-7H2,1H3,(H,15,16,17). The largest absolute Gasteiger partial charge is 0.385 e. The SMILES string of the molecule is COCCCCCCc1c(C=N)nc(Cl)[nH]c1=O. The number of rotatable bonds is 8. The molecule has 0 aromatic carbocycles. The van der Waals surface area contributed by atoms with E-state index >= 15 is 0 Å². The predicted molar refractivity (Wildman–Crippen MR) is 71.8 cm³/mol. The molecular weight excluding hydrogens is 254 g/mol. The Morgan fingerprint density at radius 3 is 2.78 bits per heavy atom. The normalized spacial score (nSPS) is 10.6. The van der Waals surface area contributed by atoms with Crippen LogP contribution in [0, 0.1) is 5.41 Å². The Labute approximate surface area is 111 Å². The number of methoxy groups -OCH3 is 1. The zero-order valence-corrected chi connectivity index (χ0v) is 11.2. The van der Waals surface area contributed by atoms with Crippen LogP contribution in [0.5, 0.6) is 0 Å². The molecule has 0 radical (unpaired) electrons. The van der Waals surface area contributed by atoms with Gasteiger partial charge >= 0.3 is 0 Å². The molecule has 0 unspecified atom stereocenters. The summed E-state index contributed by atoms with van der Waals surface area (Å²) >= 11 is 5.64. The third kappa shape index (κ3) is 4.58. The van der Waals surface area contributed by atoms with E-state index < -0.39 is 0 Å². The zero-order valence-electron chi connectivity index (χ0n) is 10.5. The van der Waals surface area contributed by atoms with Crippen LogP contribution in [0.15, 0.2) is 4.79 Å². The highest BCUT2D eigenvalue weighted by Crippen LogP contribution is 2.08. The Hall–Kier alpha value is -1.20. The molecule has 0 spiro atoms. The summed E-state index contributed by atoms with van der Waals surface area (Å²) in [5, 5.41) is 7.26. The van der Waals surface area contributed by atoms with Crippen molar-refractivity contribution in [3.63, 3.8) is 0 Å². The lowest BCUT2D eigenvalue weighted by molar-refractivity contribution is 0.192. The van der Waals surface area contributed by atoms with E-state index in [0.29, 0.717) is 17.7 Å². The number of ether oxygens (including phenoxy) is 1. The minimum Gasteiger partial charge on any atom is -0.385 e. The van der Waals surface area contributed by atoms with E-state index in [1.165, 1.54) is 0 Å². The van der Waals surface area contributed by atoms with Crippen molar-refractivity contribution in [3.8, 4) is 0 Å². The van der Waals surface area contributed by atoms with Gasteiger partial charge in [0.1, 0.15) is 0 Å². The maximum atomic E-state index is 11.7. The van der Waals surface area contributed by atoms with Crippen molar-refractivity contribution in [1.82, 2.24) is 9.97 Å². The Bertz CT molecular complexity index is 445. The van der Waals surface area contributed by atoms with E-state index in [-0.39, 0.29) is 10.8 Å². The average Bonchev–Trinajstić information content (AvgIpc) is 2.35. The Kier molecular flexibility index (Phi) is 6.60. The van der Waals surface area contributed by atoms with Crippen LogP contribution in [0.3, 0.4) is 0 Å². The molecule has 0 aliphatic rings. The number of aromatic amines is 1. The van der Waals surface area contributed by atoms with Crippen molar-refractivity contribution < 1.29 is 4.74 Å².